The van der Waals surface area contributed by atoms with Crippen LogP contribution in [0.5, 0.6) is 17.2 Å². The highest BCUT2D eigenvalue weighted by Crippen LogP contribution is 2.40. The molecule has 0 saturated carbocycles. The molecule has 1 aromatic carbocycles. The van der Waals surface area contributed by atoms with Crippen molar-refractivity contribution in [2.75, 3.05) is 40.4 Å². The lowest BCUT2D eigenvalue weighted by molar-refractivity contribution is 0.162. The van der Waals surface area contributed by atoms with Crippen LogP contribution in [0.3, 0.4) is 0 Å². The number of phenolic OH excluding ortho intramolecular Hbond substituents is 1. The lowest BCUT2D eigenvalue weighted by Gasteiger charge is -2.35. The molecule has 2 rings (SSSR count). The summed E-state index contributed by atoms with van der Waals surface area (Å²) in [5.74, 6) is 1.03. The summed E-state index contributed by atoms with van der Waals surface area (Å²) < 4.78 is 10.6. The Hall–Kier alpha value is -1.46. The lowest BCUT2D eigenvalue weighted by atomic mass is 9.98. The van der Waals surface area contributed by atoms with Gasteiger partial charge >= 0.3 is 0 Å². The van der Waals surface area contributed by atoms with Gasteiger partial charge in [0.25, 0.3) is 0 Å². The second-order valence-corrected chi connectivity index (χ2v) is 5.72. The van der Waals surface area contributed by atoms with Crippen molar-refractivity contribution in [1.29, 1.82) is 0 Å². The monoisotopic (exact) mass is 308 g/mol. The molecule has 5 heteroatoms. The summed E-state index contributed by atoms with van der Waals surface area (Å²) in [6, 6.07) is 4.23. The second kappa shape index (κ2) is 8.25. The maximum absolute atomic E-state index is 10.1. The largest absolute Gasteiger partial charge is 0.502 e. The van der Waals surface area contributed by atoms with Gasteiger partial charge in [0.15, 0.2) is 11.5 Å². The number of ether oxygens (including phenoxy) is 2. The maximum Gasteiger partial charge on any atom is 0.200 e. The van der Waals surface area contributed by atoms with E-state index in [9.17, 15) is 5.11 Å². The van der Waals surface area contributed by atoms with Gasteiger partial charge in [-0.15, -0.1) is 0 Å². The van der Waals surface area contributed by atoms with Gasteiger partial charge in [0.2, 0.25) is 5.75 Å². The van der Waals surface area contributed by atoms with E-state index in [0.717, 1.165) is 38.2 Å². The van der Waals surface area contributed by atoms with Crippen LogP contribution in [0, 0.1) is 0 Å². The van der Waals surface area contributed by atoms with Crippen LogP contribution in [0.1, 0.15) is 37.8 Å². The number of rotatable bonds is 7. The van der Waals surface area contributed by atoms with Crippen molar-refractivity contribution in [3.05, 3.63) is 17.7 Å². The molecular weight excluding hydrogens is 280 g/mol. The van der Waals surface area contributed by atoms with Crippen molar-refractivity contribution in [3.63, 3.8) is 0 Å². The predicted molar refractivity (Wildman–Crippen MR) is 87.9 cm³/mol. The standard InChI is InChI=1S/C17H28N2O3/c1-4-5-6-14(19-9-7-18-8-10-19)13-11-15(21-2)17(20)16(12-13)22-3/h11-12,14,18,20H,4-10H2,1-3H3/t14-/m0/s1. The van der Waals surface area contributed by atoms with Crippen LogP contribution in [0.25, 0.3) is 0 Å². The van der Waals surface area contributed by atoms with Gasteiger partial charge in [-0.2, -0.15) is 0 Å². The third kappa shape index (κ3) is 3.84. The first-order chi connectivity index (χ1) is 10.7. The van der Waals surface area contributed by atoms with Crippen molar-refractivity contribution in [2.24, 2.45) is 0 Å². The molecule has 124 valence electrons. The summed E-state index contributed by atoms with van der Waals surface area (Å²) >= 11 is 0. The number of aromatic hydroxyl groups is 1. The Balaban J connectivity index is 2.32. The fraction of sp³-hybridized carbons (Fsp3) is 0.647. The Morgan fingerprint density at radius 3 is 2.27 bits per heavy atom. The molecule has 1 aliphatic rings. The highest BCUT2D eigenvalue weighted by atomic mass is 16.5. The molecule has 1 atom stereocenters. The Labute approximate surface area is 133 Å². The van der Waals surface area contributed by atoms with Crippen LogP contribution in [0.4, 0.5) is 0 Å². The van der Waals surface area contributed by atoms with E-state index < -0.39 is 0 Å². The molecule has 0 unspecified atom stereocenters. The SMILES string of the molecule is CCCC[C@@H](c1cc(OC)c(O)c(OC)c1)N1CCNCC1. The van der Waals surface area contributed by atoms with E-state index in [-0.39, 0.29) is 5.75 Å². The number of benzene rings is 1. The molecule has 1 fully saturated rings. The Morgan fingerprint density at radius 1 is 1.18 bits per heavy atom. The summed E-state index contributed by atoms with van der Waals surface area (Å²) in [5.41, 5.74) is 1.15. The van der Waals surface area contributed by atoms with Crippen molar-refractivity contribution >= 4 is 0 Å². The van der Waals surface area contributed by atoms with Gasteiger partial charge in [0, 0.05) is 32.2 Å². The topological polar surface area (TPSA) is 54.0 Å². The summed E-state index contributed by atoms with van der Waals surface area (Å²) in [6.45, 7) is 6.34. The Morgan fingerprint density at radius 2 is 1.77 bits per heavy atom. The van der Waals surface area contributed by atoms with Crippen LogP contribution in [-0.4, -0.2) is 50.4 Å². The van der Waals surface area contributed by atoms with E-state index in [2.05, 4.69) is 17.1 Å². The molecule has 0 aromatic heterocycles. The normalized spacial score (nSPS) is 17.2. The van der Waals surface area contributed by atoms with Gasteiger partial charge in [0.1, 0.15) is 0 Å². The Bertz CT molecular complexity index is 448. The number of piperazine rings is 1. The first-order valence-electron chi connectivity index (χ1n) is 8.10. The van der Waals surface area contributed by atoms with Crippen molar-refractivity contribution in [3.8, 4) is 17.2 Å². The molecule has 0 spiro atoms. The van der Waals surface area contributed by atoms with Gasteiger partial charge in [0.05, 0.1) is 14.2 Å². The van der Waals surface area contributed by atoms with E-state index in [1.165, 1.54) is 12.8 Å². The predicted octanol–water partition coefficient (Wildman–Crippen LogP) is 2.55. The lowest BCUT2D eigenvalue weighted by Crippen LogP contribution is -2.45. The summed E-state index contributed by atoms with van der Waals surface area (Å²) in [5, 5.41) is 13.5. The number of phenols is 1. The number of nitrogens with one attached hydrogen (secondary N) is 1. The van der Waals surface area contributed by atoms with Crippen molar-refractivity contribution in [1.82, 2.24) is 10.2 Å². The van der Waals surface area contributed by atoms with Crippen LogP contribution in [0.15, 0.2) is 12.1 Å². The fourth-order valence-corrected chi connectivity index (χ4v) is 3.06. The second-order valence-electron chi connectivity index (χ2n) is 5.72. The molecule has 1 aliphatic heterocycles. The minimum atomic E-state index is 0.0725. The summed E-state index contributed by atoms with van der Waals surface area (Å²) in [7, 11) is 3.15. The molecule has 22 heavy (non-hydrogen) atoms. The number of nitrogens with zero attached hydrogens (tertiary/aromatic N) is 1. The number of methoxy groups -OCH3 is 2. The van der Waals surface area contributed by atoms with Crippen LogP contribution in [-0.2, 0) is 0 Å². The van der Waals surface area contributed by atoms with Gasteiger partial charge < -0.3 is 19.9 Å². The molecule has 0 bridgehead atoms. The number of unbranched alkanes of at least 4 members (excludes halogenated alkanes) is 1. The zero-order valence-corrected chi connectivity index (χ0v) is 13.9. The molecule has 5 nitrogen and oxygen atoms in total. The van der Waals surface area contributed by atoms with Gasteiger partial charge in [-0.25, -0.2) is 0 Å². The number of hydrogen-bond donors (Lipinski definition) is 2. The quantitative estimate of drug-likeness (QED) is 0.811. The van der Waals surface area contributed by atoms with E-state index in [1.54, 1.807) is 14.2 Å². The zero-order valence-electron chi connectivity index (χ0n) is 13.9. The Kier molecular flexibility index (Phi) is 6.34. The third-order valence-corrected chi connectivity index (χ3v) is 4.31. The smallest absolute Gasteiger partial charge is 0.200 e. The first kappa shape index (κ1) is 16.9. The van der Waals surface area contributed by atoms with Crippen molar-refractivity contribution in [2.45, 2.75) is 32.2 Å². The average Bonchev–Trinajstić information content (AvgIpc) is 2.57. The highest BCUT2D eigenvalue weighted by Gasteiger charge is 2.24. The number of hydrogen-bond acceptors (Lipinski definition) is 5. The zero-order chi connectivity index (χ0) is 15.9. The molecule has 2 N–H and O–H groups in total. The third-order valence-electron chi connectivity index (χ3n) is 4.31. The molecule has 0 aliphatic carbocycles. The summed E-state index contributed by atoms with van der Waals surface area (Å²) in [6.07, 6.45) is 3.46. The molecule has 1 saturated heterocycles. The van der Waals surface area contributed by atoms with E-state index in [1.807, 2.05) is 12.1 Å². The van der Waals surface area contributed by atoms with E-state index in [0.29, 0.717) is 17.5 Å². The maximum atomic E-state index is 10.1. The minimum Gasteiger partial charge on any atom is -0.502 e. The van der Waals surface area contributed by atoms with E-state index in [4.69, 9.17) is 9.47 Å². The van der Waals surface area contributed by atoms with Crippen LogP contribution >= 0.6 is 0 Å². The molecular formula is C17H28N2O3. The van der Waals surface area contributed by atoms with E-state index >= 15 is 0 Å². The first-order valence-corrected chi connectivity index (χ1v) is 8.10. The van der Waals surface area contributed by atoms with Crippen LogP contribution in [0.2, 0.25) is 0 Å². The molecule has 1 aromatic rings. The molecule has 0 radical (unpaired) electrons. The van der Waals surface area contributed by atoms with Gasteiger partial charge in [-0.05, 0) is 24.1 Å². The van der Waals surface area contributed by atoms with Crippen molar-refractivity contribution < 1.29 is 14.6 Å². The van der Waals surface area contributed by atoms with Gasteiger partial charge in [-0.1, -0.05) is 19.8 Å². The average molecular weight is 308 g/mol. The minimum absolute atomic E-state index is 0.0725. The van der Waals surface area contributed by atoms with Crippen LogP contribution < -0.4 is 14.8 Å². The fourth-order valence-electron chi connectivity index (χ4n) is 3.06. The highest BCUT2D eigenvalue weighted by molar-refractivity contribution is 5.53. The summed E-state index contributed by atoms with van der Waals surface area (Å²) in [4.78, 5) is 2.51. The van der Waals surface area contributed by atoms with Gasteiger partial charge in [-0.3, -0.25) is 4.90 Å². The molecule has 0 amide bonds. The molecule has 1 heterocycles.